The number of nitrogens with zero attached hydrogens (tertiary/aromatic N) is 2. The minimum absolute atomic E-state index is 0.0899. The number of urea groups is 1. The van der Waals surface area contributed by atoms with Gasteiger partial charge in [-0.25, -0.2) is 14.8 Å². The molecule has 0 bridgehead atoms. The number of nitrogens with one attached hydrogen (secondary N) is 3. The lowest BCUT2D eigenvalue weighted by Crippen LogP contribution is -2.48. The van der Waals surface area contributed by atoms with Gasteiger partial charge in [0.1, 0.15) is 17.9 Å². The number of fused-ring (bicyclic) bond motifs is 1. The second-order valence-electron chi connectivity index (χ2n) is 6.20. The molecular weight excluding hydrogens is 338 g/mol. The van der Waals surface area contributed by atoms with Crippen molar-refractivity contribution in [1.82, 2.24) is 20.6 Å². The fourth-order valence-electron chi connectivity index (χ4n) is 3.28. The van der Waals surface area contributed by atoms with Crippen molar-refractivity contribution < 1.29 is 18.7 Å². The molecule has 4 atom stereocenters. The van der Waals surface area contributed by atoms with E-state index >= 15 is 0 Å². The molecule has 2 aromatic rings. The van der Waals surface area contributed by atoms with Gasteiger partial charge in [0.15, 0.2) is 5.76 Å². The Bertz CT molecular complexity index is 753. The van der Waals surface area contributed by atoms with Crippen LogP contribution in [0.2, 0.25) is 0 Å². The smallest absolute Gasteiger partial charge is 0.315 e. The standard InChI is InChI=1S/C17H21N5O4/c1-2-18-17(23)22-12-9-26-14-11(8-25-15(12)14)21-16-19-6-5-10(20-16)13-4-3-7-24-13/h3-7,11-12,14-15H,2,8-9H2,1H3,(H2,18,22,23)(H,19,20,21). The van der Waals surface area contributed by atoms with Crippen LogP contribution in [0.25, 0.3) is 11.5 Å². The van der Waals surface area contributed by atoms with Gasteiger partial charge in [0.05, 0.1) is 31.6 Å². The van der Waals surface area contributed by atoms with E-state index in [1.807, 2.05) is 19.1 Å². The number of carbonyl (C=O) groups is 1. The first-order valence-corrected chi connectivity index (χ1v) is 8.65. The summed E-state index contributed by atoms with van der Waals surface area (Å²) in [7, 11) is 0. The van der Waals surface area contributed by atoms with E-state index in [2.05, 4.69) is 25.9 Å². The summed E-state index contributed by atoms with van der Waals surface area (Å²) in [5, 5.41) is 8.88. The molecule has 2 aliphatic heterocycles. The zero-order valence-electron chi connectivity index (χ0n) is 14.3. The molecule has 2 amide bonds. The van der Waals surface area contributed by atoms with Crippen LogP contribution < -0.4 is 16.0 Å². The molecule has 0 aliphatic carbocycles. The fraction of sp³-hybridized carbons (Fsp3) is 0.471. The zero-order chi connectivity index (χ0) is 17.9. The van der Waals surface area contributed by atoms with E-state index in [-0.39, 0.29) is 30.3 Å². The molecule has 0 saturated carbocycles. The molecule has 3 N–H and O–H groups in total. The highest BCUT2D eigenvalue weighted by Gasteiger charge is 2.48. The molecule has 4 heterocycles. The van der Waals surface area contributed by atoms with Gasteiger partial charge >= 0.3 is 6.03 Å². The summed E-state index contributed by atoms with van der Waals surface area (Å²) in [5.41, 5.74) is 0.700. The number of furan rings is 1. The van der Waals surface area contributed by atoms with Crippen molar-refractivity contribution in [3.05, 3.63) is 30.7 Å². The maximum absolute atomic E-state index is 11.7. The van der Waals surface area contributed by atoms with Crippen LogP contribution in [0.4, 0.5) is 10.7 Å². The minimum Gasteiger partial charge on any atom is -0.463 e. The maximum atomic E-state index is 11.7. The van der Waals surface area contributed by atoms with E-state index < -0.39 is 0 Å². The second kappa shape index (κ2) is 7.30. The van der Waals surface area contributed by atoms with Crippen LogP contribution in [0, 0.1) is 0 Å². The number of anilines is 1. The topological polar surface area (TPSA) is 111 Å². The summed E-state index contributed by atoms with van der Waals surface area (Å²) in [6, 6.07) is 4.97. The van der Waals surface area contributed by atoms with Crippen LogP contribution in [0.1, 0.15) is 6.92 Å². The van der Waals surface area contributed by atoms with Crippen LogP contribution in [0.5, 0.6) is 0 Å². The Morgan fingerprint density at radius 1 is 1.23 bits per heavy atom. The number of rotatable bonds is 5. The normalized spacial score (nSPS) is 27.1. The van der Waals surface area contributed by atoms with Gasteiger partial charge in [-0.15, -0.1) is 0 Å². The second-order valence-corrected chi connectivity index (χ2v) is 6.20. The Hall–Kier alpha value is -2.65. The summed E-state index contributed by atoms with van der Waals surface area (Å²) < 4.78 is 17.1. The largest absolute Gasteiger partial charge is 0.463 e. The van der Waals surface area contributed by atoms with E-state index in [1.54, 1.807) is 18.5 Å². The van der Waals surface area contributed by atoms with E-state index in [4.69, 9.17) is 13.9 Å². The Morgan fingerprint density at radius 3 is 2.81 bits per heavy atom. The van der Waals surface area contributed by atoms with E-state index in [9.17, 15) is 4.79 Å². The van der Waals surface area contributed by atoms with Crippen molar-refractivity contribution in [3.8, 4) is 11.5 Å². The van der Waals surface area contributed by atoms with Gasteiger partial charge in [0, 0.05) is 12.7 Å². The van der Waals surface area contributed by atoms with Crippen LogP contribution in [-0.2, 0) is 9.47 Å². The lowest BCUT2D eigenvalue weighted by Gasteiger charge is -2.18. The van der Waals surface area contributed by atoms with Gasteiger partial charge in [-0.2, -0.15) is 0 Å². The summed E-state index contributed by atoms with van der Waals surface area (Å²) in [6.07, 6.45) is 2.92. The molecule has 0 radical (unpaired) electrons. The van der Waals surface area contributed by atoms with Crippen LogP contribution in [0.15, 0.2) is 35.1 Å². The third-order valence-corrected chi connectivity index (χ3v) is 4.45. The molecule has 26 heavy (non-hydrogen) atoms. The average molecular weight is 359 g/mol. The number of aromatic nitrogens is 2. The first-order valence-electron chi connectivity index (χ1n) is 8.65. The summed E-state index contributed by atoms with van der Waals surface area (Å²) in [4.78, 5) is 20.5. The van der Waals surface area contributed by atoms with Crippen molar-refractivity contribution in [3.63, 3.8) is 0 Å². The fourth-order valence-corrected chi connectivity index (χ4v) is 3.28. The van der Waals surface area contributed by atoms with Crippen LogP contribution in [0.3, 0.4) is 0 Å². The monoisotopic (exact) mass is 359 g/mol. The van der Waals surface area contributed by atoms with E-state index in [0.717, 1.165) is 0 Å². The molecule has 9 heteroatoms. The quantitative estimate of drug-likeness (QED) is 0.730. The molecular formula is C17H21N5O4. The number of amides is 2. The van der Waals surface area contributed by atoms with Gasteiger partial charge < -0.3 is 29.8 Å². The first-order chi connectivity index (χ1) is 12.7. The highest BCUT2D eigenvalue weighted by Crippen LogP contribution is 2.29. The van der Waals surface area contributed by atoms with E-state index in [1.165, 1.54) is 0 Å². The predicted octanol–water partition coefficient (Wildman–Crippen LogP) is 1.00. The minimum atomic E-state index is -0.212. The van der Waals surface area contributed by atoms with Crippen LogP contribution in [-0.4, -0.2) is 60.0 Å². The SMILES string of the molecule is CCNC(=O)NC1COC2C(Nc3nccc(-c4ccco4)n3)COC12. The van der Waals surface area contributed by atoms with Crippen LogP contribution >= 0.6 is 0 Å². The van der Waals surface area contributed by atoms with E-state index in [0.29, 0.717) is 37.2 Å². The molecule has 9 nitrogen and oxygen atoms in total. The maximum Gasteiger partial charge on any atom is 0.315 e. The molecule has 2 fully saturated rings. The summed E-state index contributed by atoms with van der Waals surface area (Å²) in [5.74, 6) is 1.16. The zero-order valence-corrected chi connectivity index (χ0v) is 14.3. The Balaban J connectivity index is 1.40. The third kappa shape index (κ3) is 3.35. The Labute approximate surface area is 150 Å². The van der Waals surface area contributed by atoms with Crippen molar-refractivity contribution in [2.45, 2.75) is 31.2 Å². The summed E-state index contributed by atoms with van der Waals surface area (Å²) in [6.45, 7) is 3.31. The number of carbonyl (C=O) groups excluding carboxylic acids is 1. The molecule has 138 valence electrons. The highest BCUT2D eigenvalue weighted by atomic mass is 16.6. The number of ether oxygens (including phenoxy) is 2. The van der Waals surface area contributed by atoms with Gasteiger partial charge in [0.2, 0.25) is 5.95 Å². The van der Waals surface area contributed by atoms with Crippen molar-refractivity contribution >= 4 is 12.0 Å². The first kappa shape index (κ1) is 16.8. The van der Waals surface area contributed by atoms with Gasteiger partial charge in [0.25, 0.3) is 0 Å². The molecule has 2 saturated heterocycles. The van der Waals surface area contributed by atoms with Gasteiger partial charge in [-0.05, 0) is 25.1 Å². The number of hydrogen-bond acceptors (Lipinski definition) is 7. The molecule has 0 spiro atoms. The lowest BCUT2D eigenvalue weighted by atomic mass is 10.1. The highest BCUT2D eigenvalue weighted by molar-refractivity contribution is 5.74. The van der Waals surface area contributed by atoms with Crippen molar-refractivity contribution in [2.75, 3.05) is 25.1 Å². The summed E-state index contributed by atoms with van der Waals surface area (Å²) >= 11 is 0. The average Bonchev–Trinajstić information content (AvgIpc) is 3.36. The van der Waals surface area contributed by atoms with Crippen molar-refractivity contribution in [1.29, 1.82) is 0 Å². The lowest BCUT2D eigenvalue weighted by molar-refractivity contribution is 0.0682. The van der Waals surface area contributed by atoms with Gasteiger partial charge in [-0.1, -0.05) is 0 Å². The number of hydrogen-bond donors (Lipinski definition) is 3. The predicted molar refractivity (Wildman–Crippen MR) is 92.6 cm³/mol. The Morgan fingerprint density at radius 2 is 2.04 bits per heavy atom. The molecule has 4 unspecified atom stereocenters. The molecule has 2 aliphatic rings. The van der Waals surface area contributed by atoms with Gasteiger partial charge in [-0.3, -0.25) is 0 Å². The molecule has 4 rings (SSSR count). The molecule has 2 aromatic heterocycles. The molecule has 0 aromatic carbocycles. The third-order valence-electron chi connectivity index (χ3n) is 4.45. The van der Waals surface area contributed by atoms with Crippen molar-refractivity contribution in [2.24, 2.45) is 0 Å². The Kier molecular flexibility index (Phi) is 4.72.